The Kier molecular flexibility index (Phi) is 2.86. The molecule has 0 saturated carbocycles. The van der Waals surface area contributed by atoms with Crippen LogP contribution in [0.25, 0.3) is 5.65 Å². The Labute approximate surface area is 114 Å². The summed E-state index contributed by atoms with van der Waals surface area (Å²) in [5.41, 5.74) is 6.94. The minimum atomic E-state index is -0.376. The number of nitrogens with two attached hydrogens (primary N) is 1. The lowest BCUT2D eigenvalue weighted by molar-refractivity contribution is 0.413. The standard InChI is InChI=1S/C13H12FN5O/c1-20-10-6-8(14)2-3-9(10)17-12-13-16-4-5-19(13)7-11(15)18-12/h2-7H,15H2,1H3,(H,17,18). The van der Waals surface area contributed by atoms with Crippen molar-refractivity contribution in [1.29, 1.82) is 0 Å². The molecule has 0 aliphatic rings. The third kappa shape index (κ3) is 2.09. The number of nitrogens with zero attached hydrogens (tertiary/aromatic N) is 3. The Morgan fingerprint density at radius 1 is 1.40 bits per heavy atom. The van der Waals surface area contributed by atoms with Crippen LogP contribution in [0.1, 0.15) is 0 Å². The van der Waals surface area contributed by atoms with Gasteiger partial charge in [-0.1, -0.05) is 0 Å². The van der Waals surface area contributed by atoms with Gasteiger partial charge in [-0.05, 0) is 12.1 Å². The molecule has 0 bridgehead atoms. The molecule has 7 heteroatoms. The fourth-order valence-electron chi connectivity index (χ4n) is 1.93. The molecule has 0 aliphatic heterocycles. The summed E-state index contributed by atoms with van der Waals surface area (Å²) in [6, 6.07) is 4.19. The maximum atomic E-state index is 13.2. The molecule has 102 valence electrons. The van der Waals surface area contributed by atoms with Gasteiger partial charge in [0.25, 0.3) is 0 Å². The highest BCUT2D eigenvalue weighted by Gasteiger charge is 2.10. The first kappa shape index (κ1) is 12.2. The van der Waals surface area contributed by atoms with Crippen LogP contribution in [0.4, 0.5) is 21.7 Å². The van der Waals surface area contributed by atoms with Crippen molar-refractivity contribution in [2.75, 3.05) is 18.2 Å². The number of nitrogens with one attached hydrogen (secondary N) is 1. The van der Waals surface area contributed by atoms with Crippen LogP contribution in [0.5, 0.6) is 5.75 Å². The van der Waals surface area contributed by atoms with E-state index in [1.54, 1.807) is 29.1 Å². The van der Waals surface area contributed by atoms with E-state index in [9.17, 15) is 4.39 Å². The molecule has 0 aliphatic carbocycles. The zero-order chi connectivity index (χ0) is 14.1. The van der Waals surface area contributed by atoms with Crippen molar-refractivity contribution in [2.24, 2.45) is 0 Å². The molecular formula is C13H12FN5O. The molecule has 20 heavy (non-hydrogen) atoms. The van der Waals surface area contributed by atoms with Gasteiger partial charge >= 0.3 is 0 Å². The number of hydrogen-bond donors (Lipinski definition) is 2. The molecule has 0 amide bonds. The largest absolute Gasteiger partial charge is 0.494 e. The Morgan fingerprint density at radius 3 is 3.05 bits per heavy atom. The summed E-state index contributed by atoms with van der Waals surface area (Å²) in [6.45, 7) is 0. The molecule has 0 saturated heterocycles. The maximum absolute atomic E-state index is 13.2. The van der Waals surface area contributed by atoms with Gasteiger partial charge < -0.3 is 20.2 Å². The summed E-state index contributed by atoms with van der Waals surface area (Å²) in [7, 11) is 1.47. The molecule has 3 aromatic rings. The van der Waals surface area contributed by atoms with E-state index in [0.29, 0.717) is 28.7 Å². The number of benzene rings is 1. The van der Waals surface area contributed by atoms with Gasteiger partial charge in [0.1, 0.15) is 17.4 Å². The predicted molar refractivity (Wildman–Crippen MR) is 73.6 cm³/mol. The smallest absolute Gasteiger partial charge is 0.180 e. The van der Waals surface area contributed by atoms with E-state index in [1.165, 1.54) is 19.2 Å². The summed E-state index contributed by atoms with van der Waals surface area (Å²) in [6.07, 6.45) is 5.07. The van der Waals surface area contributed by atoms with E-state index in [1.807, 2.05) is 0 Å². The molecule has 6 nitrogen and oxygen atoms in total. The van der Waals surface area contributed by atoms with Crippen molar-refractivity contribution >= 4 is 23.0 Å². The minimum absolute atomic E-state index is 0.346. The summed E-state index contributed by atoms with van der Waals surface area (Å²) < 4.78 is 20.1. The van der Waals surface area contributed by atoms with Crippen molar-refractivity contribution in [3.63, 3.8) is 0 Å². The first-order valence-corrected chi connectivity index (χ1v) is 5.87. The fraction of sp³-hybridized carbons (Fsp3) is 0.0769. The number of methoxy groups -OCH3 is 1. The third-order valence-corrected chi connectivity index (χ3v) is 2.81. The van der Waals surface area contributed by atoms with Gasteiger partial charge in [0.15, 0.2) is 11.5 Å². The van der Waals surface area contributed by atoms with Gasteiger partial charge in [-0.3, -0.25) is 0 Å². The molecule has 0 fully saturated rings. The van der Waals surface area contributed by atoms with E-state index in [2.05, 4.69) is 15.3 Å². The SMILES string of the molecule is COc1cc(F)ccc1Nc1nc(N)cn2ccnc12. The number of nitrogen functional groups attached to an aromatic ring is 1. The lowest BCUT2D eigenvalue weighted by Crippen LogP contribution is -2.03. The van der Waals surface area contributed by atoms with Crippen LogP contribution in [-0.2, 0) is 0 Å². The summed E-state index contributed by atoms with van der Waals surface area (Å²) in [4.78, 5) is 8.40. The van der Waals surface area contributed by atoms with Gasteiger partial charge in [-0.15, -0.1) is 0 Å². The van der Waals surface area contributed by atoms with E-state index in [-0.39, 0.29) is 5.82 Å². The number of hydrogen-bond acceptors (Lipinski definition) is 5. The average Bonchev–Trinajstić information content (AvgIpc) is 2.88. The molecule has 0 unspecified atom stereocenters. The number of anilines is 3. The monoisotopic (exact) mass is 273 g/mol. The van der Waals surface area contributed by atoms with Crippen molar-refractivity contribution in [3.05, 3.63) is 42.6 Å². The molecule has 0 spiro atoms. The highest BCUT2D eigenvalue weighted by molar-refractivity contribution is 5.74. The molecule has 3 rings (SSSR count). The number of halogens is 1. The van der Waals surface area contributed by atoms with Crippen LogP contribution in [0, 0.1) is 5.82 Å². The lowest BCUT2D eigenvalue weighted by Gasteiger charge is -2.11. The zero-order valence-electron chi connectivity index (χ0n) is 10.7. The van der Waals surface area contributed by atoms with Crippen LogP contribution in [0.3, 0.4) is 0 Å². The minimum Gasteiger partial charge on any atom is -0.494 e. The molecule has 3 N–H and O–H groups in total. The van der Waals surface area contributed by atoms with Gasteiger partial charge in [0, 0.05) is 18.5 Å². The zero-order valence-corrected chi connectivity index (χ0v) is 10.7. The van der Waals surface area contributed by atoms with Gasteiger partial charge in [-0.2, -0.15) is 0 Å². The number of aromatic nitrogens is 3. The van der Waals surface area contributed by atoms with Crippen LogP contribution >= 0.6 is 0 Å². The Hall–Kier alpha value is -2.83. The number of rotatable bonds is 3. The van der Waals surface area contributed by atoms with E-state index < -0.39 is 0 Å². The van der Waals surface area contributed by atoms with Crippen molar-refractivity contribution in [3.8, 4) is 5.75 Å². The maximum Gasteiger partial charge on any atom is 0.180 e. The van der Waals surface area contributed by atoms with Gasteiger partial charge in [0.05, 0.1) is 19.0 Å². The molecule has 2 heterocycles. The van der Waals surface area contributed by atoms with Crippen molar-refractivity contribution < 1.29 is 9.13 Å². The normalized spacial score (nSPS) is 10.7. The molecule has 2 aromatic heterocycles. The third-order valence-electron chi connectivity index (χ3n) is 2.81. The van der Waals surface area contributed by atoms with Crippen molar-refractivity contribution in [2.45, 2.75) is 0 Å². The predicted octanol–water partition coefficient (Wildman–Crippen LogP) is 2.20. The fourth-order valence-corrected chi connectivity index (χ4v) is 1.93. The Morgan fingerprint density at radius 2 is 2.25 bits per heavy atom. The lowest BCUT2D eigenvalue weighted by atomic mass is 10.3. The highest BCUT2D eigenvalue weighted by atomic mass is 19.1. The van der Waals surface area contributed by atoms with Crippen LogP contribution in [0.2, 0.25) is 0 Å². The molecule has 0 radical (unpaired) electrons. The quantitative estimate of drug-likeness (QED) is 0.765. The highest BCUT2D eigenvalue weighted by Crippen LogP contribution is 2.29. The number of imidazole rings is 1. The van der Waals surface area contributed by atoms with Gasteiger partial charge in [-0.25, -0.2) is 14.4 Å². The molecular weight excluding hydrogens is 261 g/mol. The second-order valence-corrected chi connectivity index (χ2v) is 4.14. The molecule has 1 aromatic carbocycles. The molecule has 0 atom stereocenters. The summed E-state index contributed by atoms with van der Waals surface area (Å²) >= 11 is 0. The Balaban J connectivity index is 2.07. The summed E-state index contributed by atoms with van der Waals surface area (Å²) in [5.74, 6) is 0.816. The average molecular weight is 273 g/mol. The van der Waals surface area contributed by atoms with Crippen LogP contribution in [0.15, 0.2) is 36.8 Å². The topological polar surface area (TPSA) is 77.5 Å². The first-order chi connectivity index (χ1) is 9.67. The second-order valence-electron chi connectivity index (χ2n) is 4.14. The van der Waals surface area contributed by atoms with Crippen molar-refractivity contribution in [1.82, 2.24) is 14.4 Å². The van der Waals surface area contributed by atoms with E-state index in [4.69, 9.17) is 10.5 Å². The van der Waals surface area contributed by atoms with E-state index in [0.717, 1.165) is 0 Å². The first-order valence-electron chi connectivity index (χ1n) is 5.87. The second kappa shape index (κ2) is 4.69. The number of ether oxygens (including phenoxy) is 1. The number of fused-ring (bicyclic) bond motifs is 1. The van der Waals surface area contributed by atoms with E-state index >= 15 is 0 Å². The van der Waals surface area contributed by atoms with Crippen LogP contribution < -0.4 is 15.8 Å². The summed E-state index contributed by atoms with van der Waals surface area (Å²) in [5, 5.41) is 3.05. The Bertz CT molecular complexity index is 771. The van der Waals surface area contributed by atoms with Gasteiger partial charge in [0.2, 0.25) is 0 Å². The van der Waals surface area contributed by atoms with Crippen LogP contribution in [-0.4, -0.2) is 21.5 Å².